The van der Waals surface area contributed by atoms with Crippen LogP contribution in [0, 0.1) is 5.92 Å². The molecule has 1 aliphatic rings. The van der Waals surface area contributed by atoms with E-state index in [-0.39, 0.29) is 18.4 Å². The molecule has 1 fully saturated rings. The fourth-order valence-corrected chi connectivity index (χ4v) is 2.00. The number of hydrogen-bond donors (Lipinski definition) is 1. The lowest BCUT2D eigenvalue weighted by molar-refractivity contribution is -0.127. The Kier molecular flexibility index (Phi) is 5.22. The standard InChI is InChI=1S/C12H24N2O2/c1-4-10(2)13(3)5-6-14-8-11(9-15)7-12(14)16/h10-11,15H,4-9H2,1-3H3. The van der Waals surface area contributed by atoms with E-state index in [2.05, 4.69) is 25.8 Å². The molecule has 0 aromatic heterocycles. The van der Waals surface area contributed by atoms with Crippen LogP contribution in [0.2, 0.25) is 0 Å². The lowest BCUT2D eigenvalue weighted by Crippen LogP contribution is -2.38. The van der Waals surface area contributed by atoms with Crippen molar-refractivity contribution in [1.29, 1.82) is 0 Å². The van der Waals surface area contributed by atoms with E-state index in [1.54, 1.807) is 0 Å². The summed E-state index contributed by atoms with van der Waals surface area (Å²) in [4.78, 5) is 15.7. The fraction of sp³-hybridized carbons (Fsp3) is 0.917. The molecule has 0 spiro atoms. The molecule has 1 amide bonds. The van der Waals surface area contributed by atoms with Crippen LogP contribution >= 0.6 is 0 Å². The normalized spacial score (nSPS) is 23.2. The third-order valence-electron chi connectivity index (χ3n) is 3.62. The number of amides is 1. The third kappa shape index (κ3) is 3.46. The van der Waals surface area contributed by atoms with Gasteiger partial charge in [0.15, 0.2) is 0 Å². The van der Waals surface area contributed by atoms with E-state index in [1.165, 1.54) is 0 Å². The second-order valence-corrected chi connectivity index (χ2v) is 4.83. The van der Waals surface area contributed by atoms with Crippen molar-refractivity contribution in [2.24, 2.45) is 5.92 Å². The molecule has 0 aliphatic carbocycles. The molecule has 2 unspecified atom stereocenters. The van der Waals surface area contributed by atoms with Crippen molar-refractivity contribution in [2.75, 3.05) is 33.3 Å². The van der Waals surface area contributed by atoms with Crippen molar-refractivity contribution in [3.05, 3.63) is 0 Å². The van der Waals surface area contributed by atoms with E-state index in [4.69, 9.17) is 5.11 Å². The number of nitrogens with zero attached hydrogens (tertiary/aromatic N) is 2. The van der Waals surface area contributed by atoms with Gasteiger partial charge in [0.25, 0.3) is 0 Å². The number of carbonyl (C=O) groups is 1. The van der Waals surface area contributed by atoms with E-state index < -0.39 is 0 Å². The van der Waals surface area contributed by atoms with Crippen molar-refractivity contribution in [1.82, 2.24) is 9.80 Å². The van der Waals surface area contributed by atoms with Crippen LogP contribution in [0.15, 0.2) is 0 Å². The van der Waals surface area contributed by atoms with Crippen LogP contribution in [0.25, 0.3) is 0 Å². The van der Waals surface area contributed by atoms with E-state index in [0.29, 0.717) is 12.5 Å². The summed E-state index contributed by atoms with van der Waals surface area (Å²) in [7, 11) is 2.10. The molecule has 1 saturated heterocycles. The van der Waals surface area contributed by atoms with Gasteiger partial charge < -0.3 is 14.9 Å². The predicted molar refractivity (Wildman–Crippen MR) is 64.2 cm³/mol. The smallest absolute Gasteiger partial charge is 0.223 e. The highest BCUT2D eigenvalue weighted by Crippen LogP contribution is 2.16. The summed E-state index contributed by atoms with van der Waals surface area (Å²) in [6.07, 6.45) is 1.65. The summed E-state index contributed by atoms with van der Waals surface area (Å²) >= 11 is 0. The Morgan fingerprint density at radius 1 is 1.62 bits per heavy atom. The lowest BCUT2D eigenvalue weighted by Gasteiger charge is -2.26. The first-order valence-corrected chi connectivity index (χ1v) is 6.17. The van der Waals surface area contributed by atoms with Crippen molar-refractivity contribution < 1.29 is 9.90 Å². The van der Waals surface area contributed by atoms with Gasteiger partial charge in [-0.25, -0.2) is 0 Å². The van der Waals surface area contributed by atoms with Crippen LogP contribution in [-0.2, 0) is 4.79 Å². The van der Waals surface area contributed by atoms with Gasteiger partial charge in [0, 0.05) is 44.6 Å². The van der Waals surface area contributed by atoms with Crippen molar-refractivity contribution in [3.63, 3.8) is 0 Å². The molecule has 16 heavy (non-hydrogen) atoms. The van der Waals surface area contributed by atoms with Crippen LogP contribution in [0.1, 0.15) is 26.7 Å². The molecule has 1 rings (SSSR count). The van der Waals surface area contributed by atoms with E-state index >= 15 is 0 Å². The summed E-state index contributed by atoms with van der Waals surface area (Å²) in [6.45, 7) is 6.93. The van der Waals surface area contributed by atoms with Crippen LogP contribution in [0.4, 0.5) is 0 Å². The molecule has 0 aromatic rings. The average Bonchev–Trinajstić information content (AvgIpc) is 2.65. The number of carbonyl (C=O) groups excluding carboxylic acids is 1. The molecular formula is C12H24N2O2. The molecule has 0 aromatic carbocycles. The quantitative estimate of drug-likeness (QED) is 0.722. The Morgan fingerprint density at radius 2 is 2.31 bits per heavy atom. The first kappa shape index (κ1) is 13.5. The topological polar surface area (TPSA) is 43.8 Å². The molecule has 1 N–H and O–H groups in total. The molecule has 0 bridgehead atoms. The minimum Gasteiger partial charge on any atom is -0.396 e. The van der Waals surface area contributed by atoms with Gasteiger partial charge in [-0.3, -0.25) is 4.79 Å². The fourth-order valence-electron chi connectivity index (χ4n) is 2.00. The number of rotatable bonds is 6. The molecule has 1 aliphatic heterocycles. The number of likely N-dealkylation sites (tertiary alicyclic amines) is 1. The maximum Gasteiger partial charge on any atom is 0.223 e. The Labute approximate surface area is 98.2 Å². The third-order valence-corrected chi connectivity index (χ3v) is 3.62. The highest BCUT2D eigenvalue weighted by Gasteiger charge is 2.28. The summed E-state index contributed by atoms with van der Waals surface area (Å²) in [6, 6.07) is 0.561. The zero-order valence-electron chi connectivity index (χ0n) is 10.6. The Bertz CT molecular complexity index is 233. The molecular weight excluding hydrogens is 204 g/mol. The molecule has 4 heteroatoms. The number of hydrogen-bond acceptors (Lipinski definition) is 3. The minimum atomic E-state index is 0.128. The lowest BCUT2D eigenvalue weighted by atomic mass is 10.1. The van der Waals surface area contributed by atoms with Crippen LogP contribution in [0.5, 0.6) is 0 Å². The maximum absolute atomic E-state index is 11.6. The molecule has 94 valence electrons. The van der Waals surface area contributed by atoms with Crippen LogP contribution < -0.4 is 0 Å². The highest BCUT2D eigenvalue weighted by atomic mass is 16.3. The van der Waals surface area contributed by atoms with Gasteiger partial charge >= 0.3 is 0 Å². The zero-order chi connectivity index (χ0) is 12.1. The molecule has 4 nitrogen and oxygen atoms in total. The van der Waals surface area contributed by atoms with Crippen LogP contribution in [0.3, 0.4) is 0 Å². The number of aliphatic hydroxyl groups is 1. The summed E-state index contributed by atoms with van der Waals surface area (Å²) < 4.78 is 0. The Morgan fingerprint density at radius 3 is 2.81 bits per heavy atom. The largest absolute Gasteiger partial charge is 0.396 e. The highest BCUT2D eigenvalue weighted by molar-refractivity contribution is 5.78. The van der Waals surface area contributed by atoms with Gasteiger partial charge in [-0.15, -0.1) is 0 Å². The predicted octanol–water partition coefficient (Wildman–Crippen LogP) is 0.557. The molecule has 1 heterocycles. The van der Waals surface area contributed by atoms with Gasteiger partial charge in [-0.05, 0) is 20.4 Å². The van der Waals surface area contributed by atoms with Crippen molar-refractivity contribution in [3.8, 4) is 0 Å². The van der Waals surface area contributed by atoms with Crippen molar-refractivity contribution in [2.45, 2.75) is 32.7 Å². The monoisotopic (exact) mass is 228 g/mol. The van der Waals surface area contributed by atoms with Crippen LogP contribution in [-0.4, -0.2) is 60.1 Å². The molecule has 0 radical (unpaired) electrons. The number of likely N-dealkylation sites (N-methyl/N-ethyl adjacent to an activating group) is 1. The maximum atomic E-state index is 11.6. The summed E-state index contributed by atoms with van der Waals surface area (Å²) in [5.41, 5.74) is 0. The average molecular weight is 228 g/mol. The minimum absolute atomic E-state index is 0.128. The van der Waals surface area contributed by atoms with Gasteiger partial charge in [0.2, 0.25) is 5.91 Å². The number of aliphatic hydroxyl groups excluding tert-OH is 1. The zero-order valence-corrected chi connectivity index (χ0v) is 10.6. The van der Waals surface area contributed by atoms with Gasteiger partial charge in [0.1, 0.15) is 0 Å². The molecule has 0 saturated carbocycles. The van der Waals surface area contributed by atoms with Gasteiger partial charge in [-0.2, -0.15) is 0 Å². The van der Waals surface area contributed by atoms with E-state index in [0.717, 1.165) is 26.1 Å². The first-order valence-electron chi connectivity index (χ1n) is 6.17. The van der Waals surface area contributed by atoms with E-state index in [1.807, 2.05) is 4.90 Å². The first-order chi connectivity index (χ1) is 7.58. The second kappa shape index (κ2) is 6.21. The van der Waals surface area contributed by atoms with Crippen molar-refractivity contribution >= 4 is 5.91 Å². The molecule has 2 atom stereocenters. The summed E-state index contributed by atoms with van der Waals surface area (Å²) in [5.74, 6) is 0.345. The SMILES string of the molecule is CCC(C)N(C)CCN1CC(CO)CC1=O. The Hall–Kier alpha value is -0.610. The second-order valence-electron chi connectivity index (χ2n) is 4.83. The summed E-state index contributed by atoms with van der Waals surface area (Å²) in [5, 5.41) is 9.02. The van der Waals surface area contributed by atoms with Gasteiger partial charge in [0.05, 0.1) is 0 Å². The van der Waals surface area contributed by atoms with Gasteiger partial charge in [-0.1, -0.05) is 6.92 Å². The Balaban J connectivity index is 2.30. The van der Waals surface area contributed by atoms with E-state index in [9.17, 15) is 4.79 Å².